The van der Waals surface area contributed by atoms with Crippen LogP contribution in [0.5, 0.6) is 11.5 Å². The molecule has 7 nitrogen and oxygen atoms in total. The van der Waals surface area contributed by atoms with Gasteiger partial charge in [-0.3, -0.25) is 14.9 Å². The van der Waals surface area contributed by atoms with Gasteiger partial charge in [0.2, 0.25) is 0 Å². The summed E-state index contributed by atoms with van der Waals surface area (Å²) < 4.78 is 10.3. The van der Waals surface area contributed by atoms with Crippen LogP contribution >= 0.6 is 11.3 Å². The van der Waals surface area contributed by atoms with Crippen LogP contribution in [0, 0.1) is 6.92 Å². The molecule has 3 rings (SSSR count). The monoisotopic (exact) mass is 397 g/mol. The maximum atomic E-state index is 12.5. The van der Waals surface area contributed by atoms with Crippen molar-refractivity contribution < 1.29 is 19.1 Å². The molecule has 0 atom stereocenters. The molecule has 0 saturated carbocycles. The minimum atomic E-state index is -0.378. The SMILES string of the molecule is COc1cc(OC)cc(C(=O)Nc2nc(C(=O)Nc3cccc(C)c3)cs2)c1. The molecule has 28 heavy (non-hydrogen) atoms. The van der Waals surface area contributed by atoms with Crippen LogP contribution in [0.4, 0.5) is 10.8 Å². The summed E-state index contributed by atoms with van der Waals surface area (Å²) in [5.41, 5.74) is 2.31. The molecule has 2 aromatic carbocycles. The number of thiazole rings is 1. The van der Waals surface area contributed by atoms with E-state index in [1.165, 1.54) is 25.6 Å². The standard InChI is InChI=1S/C20H19N3O4S/c1-12-5-4-6-14(7-12)21-19(25)17-11-28-20(22-17)23-18(24)13-8-15(26-2)10-16(9-13)27-3/h4-11H,1-3H3,(H,21,25)(H,22,23,24). The molecule has 2 N–H and O–H groups in total. The van der Waals surface area contributed by atoms with Crippen LogP contribution in [0.2, 0.25) is 0 Å². The average Bonchev–Trinajstić information content (AvgIpc) is 3.16. The molecule has 2 amide bonds. The van der Waals surface area contributed by atoms with E-state index in [1.807, 2.05) is 25.1 Å². The summed E-state index contributed by atoms with van der Waals surface area (Å²) >= 11 is 1.17. The minimum Gasteiger partial charge on any atom is -0.497 e. The van der Waals surface area contributed by atoms with Gasteiger partial charge >= 0.3 is 0 Å². The lowest BCUT2D eigenvalue weighted by Crippen LogP contribution is -2.14. The first-order chi connectivity index (χ1) is 13.5. The molecule has 8 heteroatoms. The number of anilines is 2. The summed E-state index contributed by atoms with van der Waals surface area (Å²) in [6.45, 7) is 1.94. The molecule has 0 aliphatic carbocycles. The molecular formula is C20H19N3O4S. The highest BCUT2D eigenvalue weighted by atomic mass is 32.1. The fraction of sp³-hybridized carbons (Fsp3) is 0.150. The maximum absolute atomic E-state index is 12.5. The molecule has 0 spiro atoms. The van der Waals surface area contributed by atoms with Gasteiger partial charge in [0.05, 0.1) is 14.2 Å². The Morgan fingerprint density at radius 1 is 0.964 bits per heavy atom. The van der Waals surface area contributed by atoms with Gasteiger partial charge in [0.15, 0.2) is 5.13 Å². The number of hydrogen-bond donors (Lipinski definition) is 2. The van der Waals surface area contributed by atoms with Gasteiger partial charge in [0.25, 0.3) is 11.8 Å². The van der Waals surface area contributed by atoms with Crippen LogP contribution in [-0.4, -0.2) is 31.0 Å². The van der Waals surface area contributed by atoms with E-state index >= 15 is 0 Å². The fourth-order valence-electron chi connectivity index (χ4n) is 2.46. The predicted molar refractivity (Wildman–Crippen MR) is 109 cm³/mol. The first-order valence-corrected chi connectivity index (χ1v) is 9.24. The number of aromatic nitrogens is 1. The summed E-state index contributed by atoms with van der Waals surface area (Å²) in [6.07, 6.45) is 0. The molecule has 3 aromatic rings. The normalized spacial score (nSPS) is 10.2. The number of carbonyl (C=O) groups excluding carboxylic acids is 2. The minimum absolute atomic E-state index is 0.227. The number of benzene rings is 2. The highest BCUT2D eigenvalue weighted by Crippen LogP contribution is 2.24. The molecule has 0 aliphatic heterocycles. The Bertz CT molecular complexity index is 994. The van der Waals surface area contributed by atoms with Crippen LogP contribution in [0.25, 0.3) is 0 Å². The summed E-state index contributed by atoms with van der Waals surface area (Å²) in [5, 5.41) is 7.38. The molecule has 0 bridgehead atoms. The number of aryl methyl sites for hydroxylation is 1. The first-order valence-electron chi connectivity index (χ1n) is 8.36. The Kier molecular flexibility index (Phi) is 5.90. The van der Waals surface area contributed by atoms with Gasteiger partial charge in [-0.25, -0.2) is 4.98 Å². The van der Waals surface area contributed by atoms with E-state index in [2.05, 4.69) is 15.6 Å². The average molecular weight is 397 g/mol. The van der Waals surface area contributed by atoms with Gasteiger partial charge < -0.3 is 14.8 Å². The zero-order valence-corrected chi connectivity index (χ0v) is 16.4. The number of methoxy groups -OCH3 is 2. The van der Waals surface area contributed by atoms with Crippen molar-refractivity contribution in [2.45, 2.75) is 6.92 Å². The van der Waals surface area contributed by atoms with Gasteiger partial charge in [-0.05, 0) is 36.8 Å². The van der Waals surface area contributed by atoms with Crippen LogP contribution in [-0.2, 0) is 0 Å². The molecule has 144 valence electrons. The zero-order chi connectivity index (χ0) is 20.1. The number of carbonyl (C=O) groups is 2. The van der Waals surface area contributed by atoms with Crippen molar-refractivity contribution in [3.05, 3.63) is 64.7 Å². The Hall–Kier alpha value is -3.39. The smallest absolute Gasteiger partial charge is 0.275 e. The molecule has 0 fully saturated rings. The lowest BCUT2D eigenvalue weighted by atomic mass is 10.2. The molecular weight excluding hydrogens is 378 g/mol. The molecule has 0 radical (unpaired) electrons. The Morgan fingerprint density at radius 3 is 2.32 bits per heavy atom. The second-order valence-corrected chi connectivity index (χ2v) is 6.78. The van der Waals surface area contributed by atoms with Gasteiger partial charge in [-0.2, -0.15) is 0 Å². The Labute approximate surface area is 166 Å². The van der Waals surface area contributed by atoms with E-state index in [0.717, 1.165) is 5.56 Å². The molecule has 1 aromatic heterocycles. The lowest BCUT2D eigenvalue weighted by molar-refractivity contribution is 0.101. The predicted octanol–water partition coefficient (Wildman–Crippen LogP) is 3.97. The van der Waals surface area contributed by atoms with Crippen molar-refractivity contribution in [1.29, 1.82) is 0 Å². The Morgan fingerprint density at radius 2 is 1.68 bits per heavy atom. The van der Waals surface area contributed by atoms with Crippen molar-refractivity contribution >= 4 is 34.0 Å². The third-order valence-electron chi connectivity index (χ3n) is 3.85. The third-order valence-corrected chi connectivity index (χ3v) is 4.60. The van der Waals surface area contributed by atoms with Crippen LogP contribution in [0.1, 0.15) is 26.4 Å². The number of nitrogens with zero attached hydrogens (tertiary/aromatic N) is 1. The number of amides is 2. The second kappa shape index (κ2) is 8.53. The van der Waals surface area contributed by atoms with Crippen LogP contribution in [0.3, 0.4) is 0 Å². The lowest BCUT2D eigenvalue weighted by Gasteiger charge is -2.08. The second-order valence-electron chi connectivity index (χ2n) is 5.92. The van der Waals surface area contributed by atoms with Crippen molar-refractivity contribution in [2.75, 3.05) is 24.9 Å². The molecule has 0 aliphatic rings. The van der Waals surface area contributed by atoms with E-state index in [4.69, 9.17) is 9.47 Å². The largest absolute Gasteiger partial charge is 0.497 e. The number of nitrogens with one attached hydrogen (secondary N) is 2. The summed E-state index contributed by atoms with van der Waals surface area (Å²) in [6, 6.07) is 12.3. The maximum Gasteiger partial charge on any atom is 0.275 e. The van der Waals surface area contributed by atoms with Crippen molar-refractivity contribution in [3.63, 3.8) is 0 Å². The van der Waals surface area contributed by atoms with E-state index < -0.39 is 0 Å². The quantitative estimate of drug-likeness (QED) is 0.657. The van der Waals surface area contributed by atoms with Crippen LogP contribution < -0.4 is 20.1 Å². The first kappa shape index (κ1) is 19.4. The van der Waals surface area contributed by atoms with Crippen molar-refractivity contribution in [1.82, 2.24) is 4.98 Å². The highest BCUT2D eigenvalue weighted by Gasteiger charge is 2.15. The zero-order valence-electron chi connectivity index (χ0n) is 15.6. The molecule has 1 heterocycles. The van der Waals surface area contributed by atoms with Crippen molar-refractivity contribution in [2.24, 2.45) is 0 Å². The van der Waals surface area contributed by atoms with E-state index in [0.29, 0.717) is 27.9 Å². The number of rotatable bonds is 6. The van der Waals surface area contributed by atoms with Gasteiger partial charge in [0, 0.05) is 22.7 Å². The topological polar surface area (TPSA) is 89.6 Å². The molecule has 0 unspecified atom stereocenters. The van der Waals surface area contributed by atoms with Gasteiger partial charge in [-0.1, -0.05) is 12.1 Å². The van der Waals surface area contributed by atoms with E-state index in [9.17, 15) is 9.59 Å². The number of hydrogen-bond acceptors (Lipinski definition) is 6. The fourth-order valence-corrected chi connectivity index (χ4v) is 3.15. The van der Waals surface area contributed by atoms with E-state index in [-0.39, 0.29) is 17.5 Å². The number of ether oxygens (including phenoxy) is 2. The summed E-state index contributed by atoms with van der Waals surface area (Å²) in [5.74, 6) is 0.284. The highest BCUT2D eigenvalue weighted by molar-refractivity contribution is 7.14. The van der Waals surface area contributed by atoms with Crippen LogP contribution in [0.15, 0.2) is 47.8 Å². The summed E-state index contributed by atoms with van der Waals surface area (Å²) in [7, 11) is 3.02. The van der Waals surface area contributed by atoms with Crippen molar-refractivity contribution in [3.8, 4) is 11.5 Å². The summed E-state index contributed by atoms with van der Waals surface area (Å²) in [4.78, 5) is 29.0. The van der Waals surface area contributed by atoms with E-state index in [1.54, 1.807) is 29.6 Å². The third kappa shape index (κ3) is 4.66. The van der Waals surface area contributed by atoms with Gasteiger partial charge in [-0.15, -0.1) is 11.3 Å². The molecule has 0 saturated heterocycles. The Balaban J connectivity index is 1.70. The van der Waals surface area contributed by atoms with Gasteiger partial charge in [0.1, 0.15) is 17.2 Å².